The predicted octanol–water partition coefficient (Wildman–Crippen LogP) is 1.02. The Morgan fingerprint density at radius 2 is 1.84 bits per heavy atom. The Labute approximate surface area is 121 Å². The highest BCUT2D eigenvalue weighted by Gasteiger charge is 2.23. The van der Waals surface area contributed by atoms with E-state index in [-0.39, 0.29) is 0 Å². The second kappa shape index (κ2) is 7.50. The van der Waals surface area contributed by atoms with Crippen LogP contribution in [-0.4, -0.2) is 72.0 Å². The summed E-state index contributed by atoms with van der Waals surface area (Å²) in [4.78, 5) is 16.7. The van der Waals surface area contributed by atoms with E-state index in [1.165, 1.54) is 12.8 Å². The SMILES string of the molecule is CC(C)N1CCN(C(=O)CSC2CCNCC2)CC1. The Hall–Kier alpha value is -0.260. The van der Waals surface area contributed by atoms with Crippen LogP contribution in [0.25, 0.3) is 0 Å². The number of carbonyl (C=O) groups is 1. The van der Waals surface area contributed by atoms with Gasteiger partial charge in [0.15, 0.2) is 0 Å². The summed E-state index contributed by atoms with van der Waals surface area (Å²) >= 11 is 1.86. The van der Waals surface area contributed by atoms with Gasteiger partial charge < -0.3 is 10.2 Å². The molecule has 5 heteroatoms. The van der Waals surface area contributed by atoms with Crippen molar-refractivity contribution in [3.63, 3.8) is 0 Å². The van der Waals surface area contributed by atoms with E-state index < -0.39 is 0 Å². The van der Waals surface area contributed by atoms with Crippen LogP contribution >= 0.6 is 11.8 Å². The Morgan fingerprint density at radius 1 is 1.21 bits per heavy atom. The topological polar surface area (TPSA) is 35.6 Å². The van der Waals surface area contributed by atoms with Crippen molar-refractivity contribution in [1.82, 2.24) is 15.1 Å². The average Bonchev–Trinajstić information content (AvgIpc) is 2.46. The van der Waals surface area contributed by atoms with Gasteiger partial charge in [-0.25, -0.2) is 0 Å². The first-order valence-electron chi connectivity index (χ1n) is 7.51. The maximum Gasteiger partial charge on any atom is 0.232 e. The van der Waals surface area contributed by atoms with Crippen molar-refractivity contribution in [3.05, 3.63) is 0 Å². The van der Waals surface area contributed by atoms with Crippen LogP contribution in [-0.2, 0) is 4.79 Å². The first kappa shape index (κ1) is 15.1. The van der Waals surface area contributed by atoms with Crippen LogP contribution in [0.3, 0.4) is 0 Å². The van der Waals surface area contributed by atoms with Gasteiger partial charge in [-0.15, -0.1) is 11.8 Å². The van der Waals surface area contributed by atoms with Crippen molar-refractivity contribution in [2.45, 2.75) is 38.0 Å². The number of hydrogen-bond acceptors (Lipinski definition) is 4. The number of thioether (sulfide) groups is 1. The van der Waals surface area contributed by atoms with Crippen LogP contribution in [0, 0.1) is 0 Å². The molecule has 0 spiro atoms. The first-order valence-corrected chi connectivity index (χ1v) is 8.56. The maximum absolute atomic E-state index is 12.2. The second-order valence-corrected chi connectivity index (χ2v) is 7.06. The zero-order chi connectivity index (χ0) is 13.7. The van der Waals surface area contributed by atoms with E-state index in [1.807, 2.05) is 16.7 Å². The number of carbonyl (C=O) groups excluding carboxylic acids is 1. The number of nitrogens with one attached hydrogen (secondary N) is 1. The monoisotopic (exact) mass is 285 g/mol. The van der Waals surface area contributed by atoms with Gasteiger partial charge in [0.05, 0.1) is 5.75 Å². The summed E-state index contributed by atoms with van der Waals surface area (Å²) in [5.74, 6) is 1.01. The molecule has 0 aromatic rings. The van der Waals surface area contributed by atoms with Crippen LogP contribution in [0.2, 0.25) is 0 Å². The lowest BCUT2D eigenvalue weighted by atomic mass is 10.2. The van der Waals surface area contributed by atoms with E-state index in [1.54, 1.807) is 0 Å². The van der Waals surface area contributed by atoms with Crippen LogP contribution in [0.15, 0.2) is 0 Å². The van der Waals surface area contributed by atoms with Gasteiger partial charge in [0.25, 0.3) is 0 Å². The van der Waals surface area contributed by atoms with Gasteiger partial charge in [0.2, 0.25) is 5.91 Å². The largest absolute Gasteiger partial charge is 0.339 e. The minimum absolute atomic E-state index is 0.340. The molecular formula is C14H27N3OS. The standard InChI is InChI=1S/C14H27N3OS/c1-12(2)16-7-9-17(10-8-16)14(18)11-19-13-3-5-15-6-4-13/h12-13,15H,3-11H2,1-2H3. The van der Waals surface area contributed by atoms with Crippen molar-refractivity contribution in [3.8, 4) is 0 Å². The first-order chi connectivity index (χ1) is 9.16. The molecule has 2 aliphatic heterocycles. The number of rotatable bonds is 4. The Bertz CT molecular complexity index is 284. The Balaban J connectivity index is 1.66. The zero-order valence-corrected chi connectivity index (χ0v) is 13.0. The highest BCUT2D eigenvalue weighted by Crippen LogP contribution is 2.20. The molecule has 0 aromatic heterocycles. The summed E-state index contributed by atoms with van der Waals surface area (Å²) in [6, 6.07) is 0.598. The average molecular weight is 285 g/mol. The number of piperazine rings is 1. The lowest BCUT2D eigenvalue weighted by Gasteiger charge is -2.37. The fraction of sp³-hybridized carbons (Fsp3) is 0.929. The number of nitrogens with zero attached hydrogens (tertiary/aromatic N) is 2. The smallest absolute Gasteiger partial charge is 0.232 e. The predicted molar refractivity (Wildman–Crippen MR) is 81.6 cm³/mol. The molecule has 2 fully saturated rings. The van der Waals surface area contributed by atoms with Gasteiger partial charge in [-0.3, -0.25) is 9.69 Å². The molecule has 2 heterocycles. The molecule has 2 rings (SSSR count). The molecule has 110 valence electrons. The van der Waals surface area contributed by atoms with Crippen molar-refractivity contribution in [1.29, 1.82) is 0 Å². The van der Waals surface area contributed by atoms with Crippen LogP contribution < -0.4 is 5.32 Å². The molecule has 0 aromatic carbocycles. The lowest BCUT2D eigenvalue weighted by Crippen LogP contribution is -2.51. The molecular weight excluding hydrogens is 258 g/mol. The van der Waals surface area contributed by atoms with Gasteiger partial charge in [-0.1, -0.05) is 0 Å². The van der Waals surface area contributed by atoms with Crippen molar-refractivity contribution >= 4 is 17.7 Å². The highest BCUT2D eigenvalue weighted by atomic mass is 32.2. The van der Waals surface area contributed by atoms with Gasteiger partial charge in [0, 0.05) is 37.5 Å². The molecule has 0 aliphatic carbocycles. The van der Waals surface area contributed by atoms with E-state index in [0.29, 0.717) is 23.0 Å². The van der Waals surface area contributed by atoms with Crippen LogP contribution in [0.1, 0.15) is 26.7 Å². The second-order valence-electron chi connectivity index (χ2n) is 5.77. The molecule has 0 radical (unpaired) electrons. The minimum atomic E-state index is 0.340. The molecule has 0 saturated carbocycles. The molecule has 2 saturated heterocycles. The van der Waals surface area contributed by atoms with Crippen molar-refractivity contribution in [2.75, 3.05) is 45.0 Å². The van der Waals surface area contributed by atoms with E-state index in [0.717, 1.165) is 39.3 Å². The molecule has 0 bridgehead atoms. The molecule has 0 unspecified atom stereocenters. The van der Waals surface area contributed by atoms with Gasteiger partial charge in [-0.2, -0.15) is 0 Å². The third-order valence-electron chi connectivity index (χ3n) is 4.13. The third-order valence-corrected chi connectivity index (χ3v) is 5.48. The van der Waals surface area contributed by atoms with Gasteiger partial charge in [-0.05, 0) is 39.8 Å². The maximum atomic E-state index is 12.2. The fourth-order valence-corrected chi connectivity index (χ4v) is 3.86. The van der Waals surface area contributed by atoms with E-state index >= 15 is 0 Å². The van der Waals surface area contributed by atoms with E-state index in [2.05, 4.69) is 24.1 Å². The zero-order valence-electron chi connectivity index (χ0n) is 12.2. The summed E-state index contributed by atoms with van der Waals surface area (Å²) in [6.45, 7) is 10.5. The highest BCUT2D eigenvalue weighted by molar-refractivity contribution is 8.00. The Morgan fingerprint density at radius 3 is 2.42 bits per heavy atom. The van der Waals surface area contributed by atoms with E-state index in [4.69, 9.17) is 0 Å². The molecule has 0 atom stereocenters. The third kappa shape index (κ3) is 4.65. The summed E-state index contributed by atoms with van der Waals surface area (Å²) in [5, 5.41) is 4.05. The van der Waals surface area contributed by atoms with Gasteiger partial charge >= 0.3 is 0 Å². The van der Waals surface area contributed by atoms with E-state index in [9.17, 15) is 4.79 Å². The summed E-state index contributed by atoms with van der Waals surface area (Å²) < 4.78 is 0. The minimum Gasteiger partial charge on any atom is -0.339 e. The summed E-state index contributed by atoms with van der Waals surface area (Å²) in [6.07, 6.45) is 2.41. The van der Waals surface area contributed by atoms with Crippen molar-refractivity contribution in [2.24, 2.45) is 0 Å². The number of hydrogen-bond donors (Lipinski definition) is 1. The molecule has 2 aliphatic rings. The molecule has 4 nitrogen and oxygen atoms in total. The molecule has 1 amide bonds. The Kier molecular flexibility index (Phi) is 5.98. The van der Waals surface area contributed by atoms with Gasteiger partial charge in [0.1, 0.15) is 0 Å². The fourth-order valence-electron chi connectivity index (χ4n) is 2.73. The van der Waals surface area contributed by atoms with Crippen LogP contribution in [0.4, 0.5) is 0 Å². The normalized spacial score (nSPS) is 23.0. The number of amides is 1. The lowest BCUT2D eigenvalue weighted by molar-refractivity contribution is -0.130. The van der Waals surface area contributed by atoms with Crippen molar-refractivity contribution < 1.29 is 4.79 Å². The summed E-state index contributed by atoms with van der Waals surface area (Å²) in [7, 11) is 0. The molecule has 1 N–H and O–H groups in total. The van der Waals surface area contributed by atoms with Crippen LogP contribution in [0.5, 0.6) is 0 Å². The quantitative estimate of drug-likeness (QED) is 0.837. The molecule has 19 heavy (non-hydrogen) atoms. The number of piperidine rings is 1. The summed E-state index contributed by atoms with van der Waals surface area (Å²) in [5.41, 5.74) is 0.